The first-order valence-electron chi connectivity index (χ1n) is 9.34. The van der Waals surface area contributed by atoms with Crippen molar-refractivity contribution in [3.63, 3.8) is 0 Å². The van der Waals surface area contributed by atoms with Crippen molar-refractivity contribution in [1.29, 1.82) is 0 Å². The van der Waals surface area contributed by atoms with Crippen LogP contribution in [-0.4, -0.2) is 59.4 Å². The zero-order chi connectivity index (χ0) is 19.4. The fraction of sp³-hybridized carbons (Fsp3) is 0.500. The number of nitrogen functional groups attached to an aromatic ring is 1. The van der Waals surface area contributed by atoms with Crippen LogP contribution >= 0.6 is 0 Å². The highest BCUT2D eigenvalue weighted by Crippen LogP contribution is 2.24. The second kappa shape index (κ2) is 8.54. The lowest BCUT2D eigenvalue weighted by Crippen LogP contribution is -2.53. The Hall–Kier alpha value is -2.38. The van der Waals surface area contributed by atoms with Crippen LogP contribution < -0.4 is 15.4 Å². The number of benzene rings is 1. The van der Waals surface area contributed by atoms with E-state index in [2.05, 4.69) is 38.8 Å². The first kappa shape index (κ1) is 19.4. The summed E-state index contributed by atoms with van der Waals surface area (Å²) in [7, 11) is 1.69. The Bertz CT molecular complexity index is 763. The van der Waals surface area contributed by atoms with Gasteiger partial charge in [0.15, 0.2) is 0 Å². The molecule has 0 aliphatic carbocycles. The third-order valence-electron chi connectivity index (χ3n) is 5.09. The van der Waals surface area contributed by atoms with Crippen molar-refractivity contribution >= 4 is 11.8 Å². The topological polar surface area (TPSA) is 87.7 Å². The van der Waals surface area contributed by atoms with E-state index >= 15 is 0 Å². The predicted octanol–water partition coefficient (Wildman–Crippen LogP) is 1.76. The third kappa shape index (κ3) is 4.67. The number of piperazine rings is 1. The van der Waals surface area contributed by atoms with Crippen LogP contribution in [0.1, 0.15) is 23.2 Å². The van der Waals surface area contributed by atoms with Gasteiger partial charge in [0.05, 0.1) is 7.11 Å². The van der Waals surface area contributed by atoms with Crippen molar-refractivity contribution in [3.05, 3.63) is 41.1 Å². The van der Waals surface area contributed by atoms with Gasteiger partial charge in [-0.25, -0.2) is 4.98 Å². The first-order chi connectivity index (χ1) is 13.0. The van der Waals surface area contributed by atoms with E-state index in [1.165, 1.54) is 5.56 Å². The summed E-state index contributed by atoms with van der Waals surface area (Å²) in [6, 6.07) is 8.53. The minimum Gasteiger partial charge on any atom is -0.496 e. The maximum absolute atomic E-state index is 9.55. The van der Waals surface area contributed by atoms with Crippen LogP contribution in [0.15, 0.2) is 24.3 Å². The monoisotopic (exact) mass is 371 g/mol. The molecule has 1 aromatic heterocycles. The predicted molar refractivity (Wildman–Crippen MR) is 107 cm³/mol. The molecule has 1 fully saturated rings. The van der Waals surface area contributed by atoms with Crippen LogP contribution in [0.4, 0.5) is 11.8 Å². The van der Waals surface area contributed by atoms with E-state index in [1.807, 2.05) is 19.1 Å². The van der Waals surface area contributed by atoms with Crippen LogP contribution in [0.25, 0.3) is 0 Å². The Morgan fingerprint density at radius 2 is 2.04 bits per heavy atom. The molecule has 0 saturated carbocycles. The van der Waals surface area contributed by atoms with Crippen molar-refractivity contribution in [3.8, 4) is 5.75 Å². The number of aliphatic hydroxyl groups excluding tert-OH is 1. The Balaban J connectivity index is 1.73. The number of nitrogens with two attached hydrogens (primary N) is 1. The highest BCUT2D eigenvalue weighted by atomic mass is 16.5. The second-order valence-corrected chi connectivity index (χ2v) is 7.11. The van der Waals surface area contributed by atoms with Crippen molar-refractivity contribution in [2.45, 2.75) is 32.9 Å². The highest BCUT2D eigenvalue weighted by molar-refractivity contribution is 5.44. The van der Waals surface area contributed by atoms with Crippen molar-refractivity contribution in [1.82, 2.24) is 14.9 Å². The molecule has 146 valence electrons. The molecule has 0 spiro atoms. The SMILES string of the molecule is COc1ccc(CN2CCN(c3cc(C)nc(N)n3)C[C@H]2CCO)cc1C. The van der Waals surface area contributed by atoms with Crippen molar-refractivity contribution in [2.75, 3.05) is 44.0 Å². The molecule has 27 heavy (non-hydrogen) atoms. The number of ether oxygens (including phenoxy) is 1. The van der Waals surface area contributed by atoms with Gasteiger partial charge in [0.2, 0.25) is 5.95 Å². The smallest absolute Gasteiger partial charge is 0.222 e. The zero-order valence-corrected chi connectivity index (χ0v) is 16.4. The second-order valence-electron chi connectivity index (χ2n) is 7.11. The normalized spacial score (nSPS) is 17.9. The first-order valence-corrected chi connectivity index (χ1v) is 9.34. The Labute approximate surface area is 160 Å². The van der Waals surface area contributed by atoms with Gasteiger partial charge < -0.3 is 20.5 Å². The van der Waals surface area contributed by atoms with E-state index in [-0.39, 0.29) is 12.6 Å². The summed E-state index contributed by atoms with van der Waals surface area (Å²) in [5.41, 5.74) is 9.08. The number of hydrogen-bond donors (Lipinski definition) is 2. The van der Waals surface area contributed by atoms with E-state index in [0.717, 1.165) is 55.4 Å². The molecule has 3 rings (SSSR count). The van der Waals surface area contributed by atoms with Gasteiger partial charge in [0, 0.05) is 50.6 Å². The molecule has 0 radical (unpaired) electrons. The van der Waals surface area contributed by atoms with Crippen LogP contribution in [-0.2, 0) is 6.54 Å². The van der Waals surface area contributed by atoms with Gasteiger partial charge >= 0.3 is 0 Å². The number of aryl methyl sites for hydroxylation is 2. The highest BCUT2D eigenvalue weighted by Gasteiger charge is 2.27. The lowest BCUT2D eigenvalue weighted by Gasteiger charge is -2.42. The number of aliphatic hydroxyl groups is 1. The maximum Gasteiger partial charge on any atom is 0.222 e. The molecule has 2 aromatic rings. The minimum atomic E-state index is 0.168. The van der Waals surface area contributed by atoms with E-state index < -0.39 is 0 Å². The summed E-state index contributed by atoms with van der Waals surface area (Å²) in [5, 5.41) is 9.55. The van der Waals surface area contributed by atoms with Crippen LogP contribution in [0.2, 0.25) is 0 Å². The molecule has 7 heteroatoms. The fourth-order valence-electron chi connectivity index (χ4n) is 3.74. The van der Waals surface area contributed by atoms with Crippen molar-refractivity contribution in [2.24, 2.45) is 0 Å². The molecule has 3 N–H and O–H groups in total. The largest absolute Gasteiger partial charge is 0.496 e. The molecule has 7 nitrogen and oxygen atoms in total. The Morgan fingerprint density at radius 1 is 1.22 bits per heavy atom. The van der Waals surface area contributed by atoms with E-state index in [4.69, 9.17) is 10.5 Å². The van der Waals surface area contributed by atoms with Gasteiger partial charge in [-0.2, -0.15) is 4.98 Å². The Kier molecular flexibility index (Phi) is 6.13. The number of methoxy groups -OCH3 is 1. The lowest BCUT2D eigenvalue weighted by molar-refractivity contribution is 0.135. The van der Waals surface area contributed by atoms with Crippen LogP contribution in [0.3, 0.4) is 0 Å². The zero-order valence-electron chi connectivity index (χ0n) is 16.4. The van der Waals surface area contributed by atoms with E-state index in [9.17, 15) is 5.11 Å². The molecule has 0 amide bonds. The van der Waals surface area contributed by atoms with Gasteiger partial charge in [-0.05, 0) is 37.5 Å². The molecule has 1 saturated heterocycles. The summed E-state index contributed by atoms with van der Waals surface area (Å²) in [5.74, 6) is 2.08. The number of anilines is 2. The molecule has 2 heterocycles. The molecule has 1 aliphatic heterocycles. The van der Waals surface area contributed by atoms with E-state index in [1.54, 1.807) is 7.11 Å². The molecule has 1 atom stereocenters. The van der Waals surface area contributed by atoms with Gasteiger partial charge in [-0.15, -0.1) is 0 Å². The fourth-order valence-corrected chi connectivity index (χ4v) is 3.74. The van der Waals surface area contributed by atoms with Crippen LogP contribution in [0.5, 0.6) is 5.75 Å². The van der Waals surface area contributed by atoms with Crippen LogP contribution in [0, 0.1) is 13.8 Å². The number of nitrogens with zero attached hydrogens (tertiary/aromatic N) is 4. The van der Waals surface area contributed by atoms with Gasteiger partial charge in [-0.1, -0.05) is 12.1 Å². The quantitative estimate of drug-likeness (QED) is 0.800. The van der Waals surface area contributed by atoms with Crippen molar-refractivity contribution < 1.29 is 9.84 Å². The number of hydrogen-bond acceptors (Lipinski definition) is 7. The van der Waals surface area contributed by atoms with Gasteiger partial charge in [0.25, 0.3) is 0 Å². The summed E-state index contributed by atoms with van der Waals surface area (Å²) in [6.45, 7) is 7.59. The van der Waals surface area contributed by atoms with Gasteiger partial charge in [0.1, 0.15) is 11.6 Å². The average Bonchev–Trinajstić information content (AvgIpc) is 2.63. The summed E-state index contributed by atoms with van der Waals surface area (Å²) in [4.78, 5) is 13.2. The number of rotatable bonds is 6. The number of aromatic nitrogens is 2. The lowest BCUT2D eigenvalue weighted by atomic mass is 10.1. The standard InChI is InChI=1S/C20H29N5O2/c1-14-10-16(4-5-18(14)27-3)12-24-7-8-25(13-17(24)6-9-26)19-11-15(2)22-20(21)23-19/h4-5,10-11,17,26H,6-9,12-13H2,1-3H3,(H2,21,22,23)/t17-/m1/s1. The molecular weight excluding hydrogens is 342 g/mol. The average molecular weight is 371 g/mol. The summed E-state index contributed by atoms with van der Waals surface area (Å²) < 4.78 is 5.36. The molecule has 0 unspecified atom stereocenters. The van der Waals surface area contributed by atoms with Gasteiger partial charge in [-0.3, -0.25) is 4.90 Å². The molecule has 0 bridgehead atoms. The summed E-state index contributed by atoms with van der Waals surface area (Å²) in [6.07, 6.45) is 0.727. The molecule has 1 aromatic carbocycles. The third-order valence-corrected chi connectivity index (χ3v) is 5.09. The molecule has 1 aliphatic rings. The Morgan fingerprint density at radius 3 is 2.70 bits per heavy atom. The molecular formula is C20H29N5O2. The minimum absolute atomic E-state index is 0.168. The summed E-state index contributed by atoms with van der Waals surface area (Å²) >= 11 is 0. The van der Waals surface area contributed by atoms with E-state index in [0.29, 0.717) is 5.95 Å². The maximum atomic E-state index is 9.55.